The van der Waals surface area contributed by atoms with Gasteiger partial charge in [-0.15, -0.1) is 0 Å². The summed E-state index contributed by atoms with van der Waals surface area (Å²) in [6.07, 6.45) is 7.25. The minimum atomic E-state index is -1.37. The maximum atomic E-state index is 14.7. The van der Waals surface area contributed by atoms with E-state index in [2.05, 4.69) is 39.7 Å². The number of likely N-dealkylation sites (tertiary alicyclic amines) is 2. The summed E-state index contributed by atoms with van der Waals surface area (Å²) in [5.41, 5.74) is 2.33. The standard InChI is InChI=1S/C36H41F2N5O4/c1-22(30-18-28(47-29-4-3-15-42(2)21-29)12-9-24(30)8-7-23-5-6-23)40-36(46)33-17-27(38)20-43(33)34(44)19-39-35(45)32-13-10-25-16-26(37)11-14-31(25)41-32/h7-14,16,18,22-23,27,29,33H,3-6,15,17,19-21H2,1-2H3,(H,39,45)(H,40,46)/b8-7+/t22-,27+,29-,33?/m0/s1. The second kappa shape index (κ2) is 14.2. The fraction of sp³-hybridized carbons (Fsp3) is 0.444. The number of halogens is 2. The zero-order chi connectivity index (χ0) is 33.1. The minimum Gasteiger partial charge on any atom is -0.489 e. The molecule has 1 saturated carbocycles. The molecule has 3 amide bonds. The third kappa shape index (κ3) is 8.13. The van der Waals surface area contributed by atoms with E-state index in [0.717, 1.165) is 42.8 Å². The Morgan fingerprint density at radius 2 is 1.91 bits per heavy atom. The lowest BCUT2D eigenvalue weighted by atomic mass is 9.99. The normalized spacial score (nSPS) is 22.4. The maximum Gasteiger partial charge on any atom is 0.270 e. The average Bonchev–Trinajstić information content (AvgIpc) is 3.80. The molecule has 2 aliphatic heterocycles. The van der Waals surface area contributed by atoms with Crippen LogP contribution in [0.4, 0.5) is 8.78 Å². The first-order chi connectivity index (χ1) is 22.6. The first kappa shape index (κ1) is 32.6. The summed E-state index contributed by atoms with van der Waals surface area (Å²) < 4.78 is 34.5. The number of rotatable bonds is 10. The number of allylic oxidation sites excluding steroid dienone is 1. The number of ether oxygens (including phenoxy) is 1. The van der Waals surface area contributed by atoms with E-state index in [4.69, 9.17) is 4.74 Å². The molecule has 0 spiro atoms. The number of hydrogen-bond donors (Lipinski definition) is 2. The van der Waals surface area contributed by atoms with Crippen molar-refractivity contribution in [2.45, 2.75) is 63.4 Å². The van der Waals surface area contributed by atoms with Gasteiger partial charge in [-0.2, -0.15) is 0 Å². The molecular weight excluding hydrogens is 604 g/mol. The van der Waals surface area contributed by atoms with Crippen LogP contribution < -0.4 is 15.4 Å². The summed E-state index contributed by atoms with van der Waals surface area (Å²) in [6.45, 7) is 3.10. The zero-order valence-electron chi connectivity index (χ0n) is 26.8. The number of pyridine rings is 1. The molecule has 6 rings (SSSR count). The molecule has 11 heteroatoms. The zero-order valence-corrected chi connectivity index (χ0v) is 26.8. The topological polar surface area (TPSA) is 104 Å². The number of aromatic nitrogens is 1. The Hall–Kier alpha value is -4.38. The maximum absolute atomic E-state index is 14.7. The van der Waals surface area contributed by atoms with Crippen molar-refractivity contribution in [1.82, 2.24) is 25.4 Å². The van der Waals surface area contributed by atoms with E-state index in [9.17, 15) is 23.2 Å². The van der Waals surface area contributed by atoms with Crippen LogP contribution in [0.15, 0.2) is 54.6 Å². The first-order valence-electron chi connectivity index (χ1n) is 16.4. The van der Waals surface area contributed by atoms with Crippen molar-refractivity contribution in [2.75, 3.05) is 33.2 Å². The molecule has 1 aromatic heterocycles. The highest BCUT2D eigenvalue weighted by molar-refractivity contribution is 5.97. The Morgan fingerprint density at radius 3 is 2.70 bits per heavy atom. The van der Waals surface area contributed by atoms with Gasteiger partial charge >= 0.3 is 0 Å². The molecule has 0 radical (unpaired) electrons. The average molecular weight is 646 g/mol. The fourth-order valence-electron chi connectivity index (χ4n) is 6.36. The highest BCUT2D eigenvalue weighted by Crippen LogP contribution is 2.33. The molecule has 47 heavy (non-hydrogen) atoms. The Bertz CT molecular complexity index is 1680. The number of carbonyl (C=O) groups excluding carboxylic acids is 3. The minimum absolute atomic E-state index is 0.0538. The number of piperidine rings is 1. The summed E-state index contributed by atoms with van der Waals surface area (Å²) in [5, 5.41) is 6.08. The number of likely N-dealkylation sites (N-methyl/N-ethyl adjacent to an activating group) is 1. The Labute approximate surface area is 273 Å². The number of nitrogens with one attached hydrogen (secondary N) is 2. The van der Waals surface area contributed by atoms with Crippen molar-refractivity contribution >= 4 is 34.7 Å². The molecule has 4 atom stereocenters. The van der Waals surface area contributed by atoms with E-state index >= 15 is 0 Å². The molecule has 9 nitrogen and oxygen atoms in total. The van der Waals surface area contributed by atoms with Crippen molar-refractivity contribution in [2.24, 2.45) is 5.92 Å². The van der Waals surface area contributed by atoms with E-state index in [-0.39, 0.29) is 24.8 Å². The van der Waals surface area contributed by atoms with Crippen LogP contribution in [0, 0.1) is 11.7 Å². The summed E-state index contributed by atoms with van der Waals surface area (Å²) in [7, 11) is 2.09. The van der Waals surface area contributed by atoms with Gasteiger partial charge in [-0.25, -0.2) is 13.8 Å². The molecule has 2 aromatic carbocycles. The number of fused-ring (bicyclic) bond motifs is 1. The summed E-state index contributed by atoms with van der Waals surface area (Å²) in [6, 6.07) is 11.5. The van der Waals surface area contributed by atoms with Crippen LogP contribution in [-0.2, 0) is 9.59 Å². The van der Waals surface area contributed by atoms with E-state index in [1.54, 1.807) is 6.07 Å². The molecule has 1 unspecified atom stereocenters. The quantitative estimate of drug-likeness (QED) is 0.328. The highest BCUT2D eigenvalue weighted by atomic mass is 19.1. The molecule has 3 aliphatic rings. The van der Waals surface area contributed by atoms with Crippen LogP contribution in [0.5, 0.6) is 5.75 Å². The third-order valence-corrected chi connectivity index (χ3v) is 9.09. The SMILES string of the molecule is C[C@H](NC(=O)C1C[C@@H](F)CN1C(=O)CNC(=O)c1ccc2cc(F)ccc2n1)c1cc(O[C@H]2CCCN(C)C2)ccc1/C=C/C1CC1. The second-order valence-electron chi connectivity index (χ2n) is 13.0. The van der Waals surface area contributed by atoms with Crippen LogP contribution in [0.1, 0.15) is 66.7 Å². The van der Waals surface area contributed by atoms with Crippen LogP contribution in [0.3, 0.4) is 0 Å². The summed E-state index contributed by atoms with van der Waals surface area (Å²) in [4.78, 5) is 47.2. The van der Waals surface area contributed by atoms with Gasteiger partial charge in [0, 0.05) is 18.4 Å². The predicted molar refractivity (Wildman–Crippen MR) is 175 cm³/mol. The summed E-state index contributed by atoms with van der Waals surface area (Å²) >= 11 is 0. The van der Waals surface area contributed by atoms with Crippen LogP contribution in [0.25, 0.3) is 17.0 Å². The van der Waals surface area contributed by atoms with Crippen molar-refractivity contribution in [3.63, 3.8) is 0 Å². The van der Waals surface area contributed by atoms with E-state index in [1.807, 2.05) is 25.1 Å². The molecule has 2 N–H and O–H groups in total. The molecule has 0 bridgehead atoms. The second-order valence-corrected chi connectivity index (χ2v) is 13.0. The van der Waals surface area contributed by atoms with E-state index in [1.165, 1.54) is 42.0 Å². The monoisotopic (exact) mass is 645 g/mol. The largest absolute Gasteiger partial charge is 0.489 e. The van der Waals surface area contributed by atoms with Crippen LogP contribution in [-0.4, -0.2) is 84.0 Å². The van der Waals surface area contributed by atoms with Gasteiger partial charge in [0.25, 0.3) is 5.91 Å². The predicted octanol–water partition coefficient (Wildman–Crippen LogP) is 4.82. The van der Waals surface area contributed by atoms with Gasteiger partial charge in [0.15, 0.2) is 0 Å². The third-order valence-electron chi connectivity index (χ3n) is 9.09. The molecule has 2 saturated heterocycles. The molecule has 3 fully saturated rings. The Balaban J connectivity index is 1.11. The smallest absolute Gasteiger partial charge is 0.270 e. The Kier molecular flexibility index (Phi) is 9.81. The lowest BCUT2D eigenvalue weighted by molar-refractivity contribution is -0.138. The lowest BCUT2D eigenvalue weighted by Crippen LogP contribution is -2.49. The molecule has 3 aromatic rings. The fourth-order valence-corrected chi connectivity index (χ4v) is 6.36. The van der Waals surface area contributed by atoms with Crippen LogP contribution in [0.2, 0.25) is 0 Å². The van der Waals surface area contributed by atoms with E-state index in [0.29, 0.717) is 16.8 Å². The van der Waals surface area contributed by atoms with Crippen molar-refractivity contribution in [1.29, 1.82) is 0 Å². The highest BCUT2D eigenvalue weighted by Gasteiger charge is 2.40. The van der Waals surface area contributed by atoms with Gasteiger partial charge in [-0.1, -0.05) is 24.3 Å². The van der Waals surface area contributed by atoms with E-state index < -0.39 is 48.3 Å². The van der Waals surface area contributed by atoms with Crippen molar-refractivity contribution in [3.8, 4) is 5.75 Å². The number of hydrogen-bond acceptors (Lipinski definition) is 6. The number of amides is 3. The Morgan fingerprint density at radius 1 is 1.09 bits per heavy atom. The van der Waals surface area contributed by atoms with Gasteiger partial charge in [0.2, 0.25) is 11.8 Å². The number of carbonyl (C=O) groups is 3. The van der Waals surface area contributed by atoms with Crippen LogP contribution >= 0.6 is 0 Å². The van der Waals surface area contributed by atoms with Gasteiger partial charge in [0.1, 0.15) is 35.6 Å². The lowest BCUT2D eigenvalue weighted by Gasteiger charge is -2.30. The van der Waals surface area contributed by atoms with Gasteiger partial charge in [-0.3, -0.25) is 14.4 Å². The molecular formula is C36H41F2N5O4. The first-order valence-corrected chi connectivity index (χ1v) is 16.4. The molecule has 1 aliphatic carbocycles. The molecule has 3 heterocycles. The van der Waals surface area contributed by atoms with Gasteiger partial charge < -0.3 is 25.2 Å². The van der Waals surface area contributed by atoms with Crippen molar-refractivity contribution in [3.05, 3.63) is 77.2 Å². The number of alkyl halides is 1. The molecule has 248 valence electrons. The summed E-state index contributed by atoms with van der Waals surface area (Å²) in [5.74, 6) is -0.751. The van der Waals surface area contributed by atoms with Gasteiger partial charge in [0.05, 0.1) is 24.6 Å². The van der Waals surface area contributed by atoms with Crippen molar-refractivity contribution < 1.29 is 27.9 Å². The number of nitrogens with zero attached hydrogens (tertiary/aromatic N) is 3. The van der Waals surface area contributed by atoms with Gasteiger partial charge in [-0.05, 0) is 99.6 Å². The number of benzene rings is 2.